The Bertz CT molecular complexity index is 1440. The molecule has 0 spiro atoms. The molecular formula is C30H31Cl2N3O5S. The van der Waals surface area contributed by atoms with E-state index in [4.69, 9.17) is 32.7 Å². The van der Waals surface area contributed by atoms with Crippen molar-refractivity contribution in [2.24, 2.45) is 0 Å². The topological polar surface area (TPSA) is 88.2 Å². The van der Waals surface area contributed by atoms with Crippen molar-refractivity contribution in [2.45, 2.75) is 45.1 Å². The highest BCUT2D eigenvalue weighted by Gasteiger charge is 2.36. The monoisotopic (exact) mass is 615 g/mol. The van der Waals surface area contributed by atoms with Gasteiger partial charge in [-0.15, -0.1) is 11.3 Å². The summed E-state index contributed by atoms with van der Waals surface area (Å²) in [5, 5.41) is 5.24. The van der Waals surface area contributed by atoms with Gasteiger partial charge in [0.1, 0.15) is 10.6 Å². The summed E-state index contributed by atoms with van der Waals surface area (Å²) in [5.41, 5.74) is 2.69. The van der Waals surface area contributed by atoms with Crippen LogP contribution in [-0.4, -0.2) is 50.1 Å². The van der Waals surface area contributed by atoms with Crippen LogP contribution in [0.25, 0.3) is 0 Å². The zero-order chi connectivity index (χ0) is 28.9. The van der Waals surface area contributed by atoms with E-state index in [2.05, 4.69) is 16.3 Å². The number of ether oxygens (including phenoxy) is 2. The molecule has 0 unspecified atom stereocenters. The van der Waals surface area contributed by atoms with Crippen molar-refractivity contribution in [1.29, 1.82) is 0 Å². The van der Waals surface area contributed by atoms with Crippen LogP contribution < -0.4 is 19.9 Å². The second kappa shape index (κ2) is 13.1. The zero-order valence-electron chi connectivity index (χ0n) is 22.7. The number of hydrogen-bond donors (Lipinski definition) is 1. The highest BCUT2D eigenvalue weighted by atomic mass is 35.5. The molecule has 0 saturated heterocycles. The van der Waals surface area contributed by atoms with Gasteiger partial charge in [0.2, 0.25) is 5.91 Å². The van der Waals surface area contributed by atoms with E-state index >= 15 is 0 Å². The molecule has 1 aromatic heterocycles. The lowest BCUT2D eigenvalue weighted by molar-refractivity contribution is -0.143. The molecule has 2 aromatic carbocycles. The molecule has 2 aliphatic rings. The van der Waals surface area contributed by atoms with Crippen LogP contribution in [0, 0.1) is 0 Å². The lowest BCUT2D eigenvalue weighted by atomic mass is 10.1. The lowest BCUT2D eigenvalue weighted by Crippen LogP contribution is -2.44. The highest BCUT2D eigenvalue weighted by molar-refractivity contribution is 7.12. The number of nitrogens with zero attached hydrogens (tertiary/aromatic N) is 2. The van der Waals surface area contributed by atoms with Gasteiger partial charge < -0.3 is 24.6 Å². The molecule has 1 N–H and O–H groups in total. The molecular weight excluding hydrogens is 585 g/mol. The minimum absolute atomic E-state index is 0.119. The van der Waals surface area contributed by atoms with E-state index in [0.717, 1.165) is 17.9 Å². The predicted octanol–water partition coefficient (Wildman–Crippen LogP) is 6.48. The number of anilines is 2. The summed E-state index contributed by atoms with van der Waals surface area (Å²) < 4.78 is 11.0. The van der Waals surface area contributed by atoms with Gasteiger partial charge in [-0.1, -0.05) is 35.3 Å². The van der Waals surface area contributed by atoms with Gasteiger partial charge in [-0.05, 0) is 61.4 Å². The van der Waals surface area contributed by atoms with Gasteiger partial charge in [0.25, 0.3) is 5.91 Å². The average Bonchev–Trinajstić information content (AvgIpc) is 3.71. The Kier molecular flexibility index (Phi) is 9.37. The maximum atomic E-state index is 13.7. The molecule has 0 bridgehead atoms. The van der Waals surface area contributed by atoms with Crippen molar-refractivity contribution < 1.29 is 23.9 Å². The third kappa shape index (κ3) is 6.97. The number of aryl methyl sites for hydroxylation is 1. The molecule has 2 amide bonds. The van der Waals surface area contributed by atoms with Crippen LogP contribution in [0.5, 0.6) is 11.5 Å². The Balaban J connectivity index is 1.23. The van der Waals surface area contributed by atoms with E-state index < -0.39 is 0 Å². The van der Waals surface area contributed by atoms with E-state index in [0.29, 0.717) is 57.6 Å². The van der Waals surface area contributed by atoms with Crippen molar-refractivity contribution in [3.05, 3.63) is 68.3 Å². The molecule has 2 heterocycles. The summed E-state index contributed by atoms with van der Waals surface area (Å²) in [6, 6.07) is 13.6. The SMILES string of the molecule is CCOC(=O)CCNC(=O)CCc1cc(Cl)c(Oc2ccsc2C(=O)N2CCN(C3CC3)c3ccccc32)cc1Cl. The first-order valence-electron chi connectivity index (χ1n) is 13.7. The Morgan fingerprint density at radius 1 is 1.00 bits per heavy atom. The van der Waals surface area contributed by atoms with Gasteiger partial charge >= 0.3 is 5.97 Å². The first kappa shape index (κ1) is 29.2. The van der Waals surface area contributed by atoms with Gasteiger partial charge in [-0.3, -0.25) is 14.4 Å². The Morgan fingerprint density at radius 2 is 1.78 bits per heavy atom. The van der Waals surface area contributed by atoms with Crippen LogP contribution in [0.15, 0.2) is 47.8 Å². The van der Waals surface area contributed by atoms with Crippen LogP contribution in [0.3, 0.4) is 0 Å². The number of thiophene rings is 1. The lowest BCUT2D eigenvalue weighted by Gasteiger charge is -2.37. The predicted molar refractivity (Wildman–Crippen MR) is 162 cm³/mol. The van der Waals surface area contributed by atoms with Crippen LogP contribution in [0.1, 0.15) is 47.8 Å². The number of benzene rings is 2. The van der Waals surface area contributed by atoms with E-state index in [1.165, 1.54) is 24.2 Å². The minimum Gasteiger partial charge on any atom is -0.466 e. The summed E-state index contributed by atoms with van der Waals surface area (Å²) >= 11 is 14.4. The molecule has 1 aliphatic heterocycles. The minimum atomic E-state index is -0.352. The average molecular weight is 617 g/mol. The first-order valence-corrected chi connectivity index (χ1v) is 15.3. The number of fused-ring (bicyclic) bond motifs is 1. The maximum Gasteiger partial charge on any atom is 0.307 e. The molecule has 1 saturated carbocycles. The van der Waals surface area contributed by atoms with Crippen molar-refractivity contribution in [1.82, 2.24) is 5.32 Å². The number of nitrogens with one attached hydrogen (secondary N) is 1. The molecule has 1 fully saturated rings. The Labute approximate surface area is 253 Å². The molecule has 0 radical (unpaired) electrons. The molecule has 5 rings (SSSR count). The second-order valence-corrected chi connectivity index (χ2v) is 11.6. The maximum absolute atomic E-state index is 13.7. The normalized spacial score (nSPS) is 14.4. The number of hydrogen-bond acceptors (Lipinski definition) is 7. The van der Waals surface area contributed by atoms with Crippen molar-refractivity contribution in [3.8, 4) is 11.5 Å². The number of carbonyl (C=O) groups excluding carboxylic acids is 3. The van der Waals surface area contributed by atoms with Gasteiger partial charge in [0, 0.05) is 43.2 Å². The number of esters is 1. The number of amides is 2. The van der Waals surface area contributed by atoms with Gasteiger partial charge in [-0.2, -0.15) is 0 Å². The molecule has 8 nitrogen and oxygen atoms in total. The van der Waals surface area contributed by atoms with E-state index in [1.807, 2.05) is 28.5 Å². The van der Waals surface area contributed by atoms with Gasteiger partial charge in [0.05, 0.1) is 29.4 Å². The van der Waals surface area contributed by atoms with E-state index in [-0.39, 0.29) is 37.2 Å². The molecule has 0 atom stereocenters. The van der Waals surface area contributed by atoms with Crippen molar-refractivity contribution >= 4 is 63.7 Å². The largest absolute Gasteiger partial charge is 0.466 e. The summed E-state index contributed by atoms with van der Waals surface area (Å²) in [4.78, 5) is 42.1. The van der Waals surface area contributed by atoms with E-state index in [9.17, 15) is 14.4 Å². The van der Waals surface area contributed by atoms with Crippen LogP contribution in [0.2, 0.25) is 10.0 Å². The number of rotatable bonds is 11. The summed E-state index contributed by atoms with van der Waals surface area (Å²) in [5.74, 6) is 0.0580. The molecule has 216 valence electrons. The summed E-state index contributed by atoms with van der Waals surface area (Å²) in [7, 11) is 0. The second-order valence-electron chi connectivity index (χ2n) is 9.87. The summed E-state index contributed by atoms with van der Waals surface area (Å²) in [6.07, 6.45) is 3.04. The van der Waals surface area contributed by atoms with Gasteiger partial charge in [0.15, 0.2) is 5.75 Å². The zero-order valence-corrected chi connectivity index (χ0v) is 25.0. The number of carbonyl (C=O) groups is 3. The third-order valence-electron chi connectivity index (χ3n) is 7.00. The quantitative estimate of drug-likeness (QED) is 0.248. The first-order chi connectivity index (χ1) is 19.9. The molecule has 41 heavy (non-hydrogen) atoms. The fourth-order valence-electron chi connectivity index (χ4n) is 4.85. The molecule has 11 heteroatoms. The number of halogens is 2. The smallest absolute Gasteiger partial charge is 0.307 e. The third-order valence-corrected chi connectivity index (χ3v) is 8.53. The highest BCUT2D eigenvalue weighted by Crippen LogP contribution is 2.42. The van der Waals surface area contributed by atoms with Crippen molar-refractivity contribution in [2.75, 3.05) is 36.0 Å². The van der Waals surface area contributed by atoms with Crippen LogP contribution in [-0.2, 0) is 20.7 Å². The Hall–Kier alpha value is -3.27. The summed E-state index contributed by atoms with van der Waals surface area (Å²) in [6.45, 7) is 3.64. The van der Waals surface area contributed by atoms with Crippen molar-refractivity contribution in [3.63, 3.8) is 0 Å². The van der Waals surface area contributed by atoms with E-state index in [1.54, 1.807) is 25.1 Å². The van der Waals surface area contributed by atoms with Gasteiger partial charge in [-0.25, -0.2) is 0 Å². The van der Waals surface area contributed by atoms with Crippen LogP contribution in [0.4, 0.5) is 11.4 Å². The fourth-order valence-corrected chi connectivity index (χ4v) is 6.09. The molecule has 1 aliphatic carbocycles. The fraction of sp³-hybridized carbons (Fsp3) is 0.367. The molecule has 3 aromatic rings. The van der Waals surface area contributed by atoms with Crippen LogP contribution >= 0.6 is 34.5 Å². The standard InChI is InChI=1S/C30H31Cl2N3O5S/c1-2-39-28(37)11-13-33-27(36)10-7-19-17-22(32)26(18-21(19)31)40-25-12-16-41-29(25)30(38)35-15-14-34(20-8-9-20)23-5-3-4-6-24(23)35/h3-6,12,16-18,20H,2,7-11,13-15H2,1H3,(H,33,36). The number of para-hydroxylation sites is 2. The Morgan fingerprint density at radius 3 is 2.54 bits per heavy atom.